The zero-order chi connectivity index (χ0) is 16.0. The van der Waals surface area contributed by atoms with E-state index in [1.807, 2.05) is 6.07 Å². The SMILES string of the molecule is O=C(O)CO[C@@H]1COCC[C@H]1NS(=O)(=O)Cc1ccccc1. The maximum atomic E-state index is 12.2. The molecule has 1 heterocycles. The lowest BCUT2D eigenvalue weighted by Gasteiger charge is -2.31. The molecule has 0 radical (unpaired) electrons. The molecule has 0 aliphatic carbocycles. The van der Waals surface area contributed by atoms with Crippen molar-refractivity contribution in [2.45, 2.75) is 24.3 Å². The average Bonchev–Trinajstić information content (AvgIpc) is 2.46. The van der Waals surface area contributed by atoms with Crippen molar-refractivity contribution in [3.63, 3.8) is 0 Å². The molecule has 1 aliphatic heterocycles. The Balaban J connectivity index is 1.97. The third-order valence-corrected chi connectivity index (χ3v) is 4.63. The summed E-state index contributed by atoms with van der Waals surface area (Å²) in [5, 5.41) is 8.65. The summed E-state index contributed by atoms with van der Waals surface area (Å²) in [5.41, 5.74) is 0.685. The number of nitrogens with one attached hydrogen (secondary N) is 1. The summed E-state index contributed by atoms with van der Waals surface area (Å²) in [6.45, 7) is 0.0994. The van der Waals surface area contributed by atoms with E-state index in [0.717, 1.165) is 0 Å². The smallest absolute Gasteiger partial charge is 0.329 e. The number of hydrogen-bond donors (Lipinski definition) is 2. The molecule has 0 aromatic heterocycles. The first-order valence-corrected chi connectivity index (χ1v) is 8.56. The number of sulfonamides is 1. The van der Waals surface area contributed by atoms with Crippen molar-refractivity contribution in [2.75, 3.05) is 19.8 Å². The largest absolute Gasteiger partial charge is 0.480 e. The third kappa shape index (κ3) is 5.38. The van der Waals surface area contributed by atoms with Gasteiger partial charge in [0, 0.05) is 6.61 Å². The van der Waals surface area contributed by atoms with Crippen LogP contribution in [0.2, 0.25) is 0 Å². The molecule has 1 aromatic rings. The molecule has 2 rings (SSSR count). The predicted molar refractivity (Wildman–Crippen MR) is 78.8 cm³/mol. The Hall–Kier alpha value is -1.48. The van der Waals surface area contributed by atoms with Crippen LogP contribution in [0.1, 0.15) is 12.0 Å². The standard InChI is InChI=1S/C14H19NO6S/c16-14(17)9-21-13-8-20-7-6-12(13)15-22(18,19)10-11-4-2-1-3-5-11/h1-5,12-13,15H,6-10H2,(H,16,17)/t12-,13-/m1/s1. The normalized spacial score (nSPS) is 22.4. The van der Waals surface area contributed by atoms with Crippen LogP contribution in [0, 0.1) is 0 Å². The molecule has 22 heavy (non-hydrogen) atoms. The Labute approximate surface area is 129 Å². The van der Waals surface area contributed by atoms with Gasteiger partial charge >= 0.3 is 5.97 Å². The summed E-state index contributed by atoms with van der Waals surface area (Å²) < 4.78 is 37.5. The van der Waals surface area contributed by atoms with Gasteiger partial charge in [0.05, 0.1) is 24.5 Å². The highest BCUT2D eigenvalue weighted by Crippen LogP contribution is 2.14. The molecular weight excluding hydrogens is 310 g/mol. The molecule has 0 saturated carbocycles. The van der Waals surface area contributed by atoms with Crippen molar-refractivity contribution in [3.8, 4) is 0 Å². The van der Waals surface area contributed by atoms with Crippen molar-refractivity contribution in [2.24, 2.45) is 0 Å². The van der Waals surface area contributed by atoms with Crippen molar-refractivity contribution in [1.82, 2.24) is 4.72 Å². The lowest BCUT2D eigenvalue weighted by Crippen LogP contribution is -2.50. The highest BCUT2D eigenvalue weighted by atomic mass is 32.2. The number of carboxylic acids is 1. The predicted octanol–water partition coefficient (Wildman–Crippen LogP) is 0.365. The summed E-state index contributed by atoms with van der Waals surface area (Å²) in [7, 11) is -3.54. The van der Waals surface area contributed by atoms with Gasteiger partial charge in [-0.1, -0.05) is 30.3 Å². The Morgan fingerprint density at radius 3 is 2.77 bits per heavy atom. The fraction of sp³-hybridized carbons (Fsp3) is 0.500. The van der Waals surface area contributed by atoms with Gasteiger partial charge in [0.25, 0.3) is 0 Å². The Bertz CT molecular complexity index is 589. The summed E-state index contributed by atoms with van der Waals surface area (Å²) in [6, 6.07) is 8.36. The molecule has 0 amide bonds. The first kappa shape index (κ1) is 16.9. The maximum Gasteiger partial charge on any atom is 0.329 e. The minimum Gasteiger partial charge on any atom is -0.480 e. The van der Waals surface area contributed by atoms with E-state index < -0.39 is 34.7 Å². The molecule has 8 heteroatoms. The van der Waals surface area contributed by atoms with Gasteiger partial charge in [0.2, 0.25) is 10.0 Å². The minimum atomic E-state index is -3.54. The van der Waals surface area contributed by atoms with Gasteiger partial charge < -0.3 is 14.6 Å². The van der Waals surface area contributed by atoms with Crippen LogP contribution in [-0.4, -0.2) is 51.5 Å². The summed E-state index contributed by atoms with van der Waals surface area (Å²) in [5.74, 6) is -1.23. The number of rotatable bonds is 7. The van der Waals surface area contributed by atoms with E-state index in [2.05, 4.69) is 4.72 Å². The van der Waals surface area contributed by atoms with Gasteiger partial charge in [-0.2, -0.15) is 0 Å². The summed E-state index contributed by atoms with van der Waals surface area (Å²) >= 11 is 0. The Morgan fingerprint density at radius 2 is 2.09 bits per heavy atom. The van der Waals surface area contributed by atoms with E-state index in [-0.39, 0.29) is 12.4 Å². The van der Waals surface area contributed by atoms with Crippen LogP contribution in [0.5, 0.6) is 0 Å². The lowest BCUT2D eigenvalue weighted by molar-refractivity contribution is -0.148. The maximum absolute atomic E-state index is 12.2. The molecule has 0 spiro atoms. The lowest BCUT2D eigenvalue weighted by atomic mass is 10.1. The average molecular weight is 329 g/mol. The monoisotopic (exact) mass is 329 g/mol. The molecule has 0 unspecified atom stereocenters. The molecule has 1 fully saturated rings. The fourth-order valence-electron chi connectivity index (χ4n) is 2.26. The number of carboxylic acid groups (broad SMARTS) is 1. The quantitative estimate of drug-likeness (QED) is 0.749. The summed E-state index contributed by atoms with van der Waals surface area (Å²) in [6.07, 6.45) is -0.159. The molecule has 122 valence electrons. The molecule has 1 saturated heterocycles. The first-order valence-electron chi connectivity index (χ1n) is 6.91. The molecule has 0 bridgehead atoms. The molecule has 2 N–H and O–H groups in total. The third-order valence-electron chi connectivity index (χ3n) is 3.26. The van der Waals surface area contributed by atoms with Crippen LogP contribution >= 0.6 is 0 Å². The van der Waals surface area contributed by atoms with E-state index in [0.29, 0.717) is 18.6 Å². The summed E-state index contributed by atoms with van der Waals surface area (Å²) in [4.78, 5) is 10.6. The zero-order valence-corrected chi connectivity index (χ0v) is 12.8. The van der Waals surface area contributed by atoms with Gasteiger partial charge in [-0.05, 0) is 12.0 Å². The van der Waals surface area contributed by atoms with Gasteiger partial charge in [-0.3, -0.25) is 0 Å². The van der Waals surface area contributed by atoms with Crippen molar-refractivity contribution in [1.29, 1.82) is 0 Å². The Kier molecular flexibility index (Phi) is 5.90. The van der Waals surface area contributed by atoms with Gasteiger partial charge in [-0.15, -0.1) is 0 Å². The van der Waals surface area contributed by atoms with Crippen molar-refractivity contribution >= 4 is 16.0 Å². The van der Waals surface area contributed by atoms with Gasteiger partial charge in [-0.25, -0.2) is 17.9 Å². The van der Waals surface area contributed by atoms with E-state index in [4.69, 9.17) is 14.6 Å². The van der Waals surface area contributed by atoms with E-state index >= 15 is 0 Å². The minimum absolute atomic E-state index is 0.128. The van der Waals surface area contributed by atoms with Crippen LogP contribution < -0.4 is 4.72 Å². The van der Waals surface area contributed by atoms with E-state index in [1.54, 1.807) is 24.3 Å². The van der Waals surface area contributed by atoms with Crippen molar-refractivity contribution in [3.05, 3.63) is 35.9 Å². The molecule has 7 nitrogen and oxygen atoms in total. The van der Waals surface area contributed by atoms with Crippen LogP contribution in [0.3, 0.4) is 0 Å². The van der Waals surface area contributed by atoms with E-state index in [1.165, 1.54) is 0 Å². The second kappa shape index (κ2) is 7.68. The zero-order valence-electron chi connectivity index (χ0n) is 12.0. The number of aliphatic carboxylic acids is 1. The first-order chi connectivity index (χ1) is 10.5. The van der Waals surface area contributed by atoms with Crippen LogP contribution in [0.4, 0.5) is 0 Å². The van der Waals surface area contributed by atoms with Crippen LogP contribution in [0.25, 0.3) is 0 Å². The number of ether oxygens (including phenoxy) is 2. The van der Waals surface area contributed by atoms with Crippen LogP contribution in [0.15, 0.2) is 30.3 Å². The number of carbonyl (C=O) groups is 1. The van der Waals surface area contributed by atoms with Crippen molar-refractivity contribution < 1.29 is 27.8 Å². The van der Waals surface area contributed by atoms with Crippen LogP contribution in [-0.2, 0) is 30.0 Å². The fourth-order valence-corrected chi connectivity index (χ4v) is 3.70. The second-order valence-corrected chi connectivity index (χ2v) is 6.83. The molecular formula is C14H19NO6S. The topological polar surface area (TPSA) is 102 Å². The molecule has 2 atom stereocenters. The van der Waals surface area contributed by atoms with Gasteiger partial charge in [0.15, 0.2) is 0 Å². The molecule has 1 aromatic carbocycles. The second-order valence-electron chi connectivity index (χ2n) is 5.08. The van der Waals surface area contributed by atoms with Gasteiger partial charge in [0.1, 0.15) is 6.61 Å². The van der Waals surface area contributed by atoms with E-state index in [9.17, 15) is 13.2 Å². The number of benzene rings is 1. The Morgan fingerprint density at radius 1 is 1.36 bits per heavy atom. The number of hydrogen-bond acceptors (Lipinski definition) is 5. The molecule has 1 aliphatic rings. The highest BCUT2D eigenvalue weighted by Gasteiger charge is 2.30. The highest BCUT2D eigenvalue weighted by molar-refractivity contribution is 7.88.